The Morgan fingerprint density at radius 3 is 2.75 bits per heavy atom. The van der Waals surface area contributed by atoms with Gasteiger partial charge in [-0.1, -0.05) is 0 Å². The van der Waals surface area contributed by atoms with Crippen LogP contribution in [0.15, 0.2) is 29.1 Å². The average molecular weight is 341 g/mol. The van der Waals surface area contributed by atoms with Crippen LogP contribution in [0.3, 0.4) is 0 Å². The molecule has 0 unspecified atom stereocenters. The third-order valence-corrected chi connectivity index (χ3v) is 4.54. The fourth-order valence-electron chi connectivity index (χ4n) is 2.70. The molecule has 1 aliphatic heterocycles. The van der Waals surface area contributed by atoms with Crippen LogP contribution in [0.4, 0.5) is 11.6 Å². The van der Waals surface area contributed by atoms with Crippen LogP contribution in [0.5, 0.6) is 0 Å². The average Bonchev–Trinajstić information content (AvgIpc) is 3.33. The van der Waals surface area contributed by atoms with Gasteiger partial charge in [-0.2, -0.15) is 26.2 Å². The van der Waals surface area contributed by atoms with E-state index in [0.29, 0.717) is 5.82 Å². The van der Waals surface area contributed by atoms with Crippen LogP contribution >= 0.6 is 11.3 Å². The largest absolute Gasteiger partial charge is 0.383 e. The van der Waals surface area contributed by atoms with Gasteiger partial charge in [0.15, 0.2) is 11.8 Å². The highest BCUT2D eigenvalue weighted by molar-refractivity contribution is 7.08. The second kappa shape index (κ2) is 7.19. The van der Waals surface area contributed by atoms with Crippen molar-refractivity contribution in [2.45, 2.75) is 12.8 Å². The quantitative estimate of drug-likeness (QED) is 0.549. The zero-order valence-electron chi connectivity index (χ0n) is 13.4. The molecule has 124 valence electrons. The molecule has 4 heterocycles. The molecular weight excluding hydrogens is 322 g/mol. The van der Waals surface area contributed by atoms with Gasteiger partial charge in [0.25, 0.3) is 0 Å². The van der Waals surface area contributed by atoms with E-state index in [2.05, 4.69) is 32.1 Å². The number of nitrogens with one attached hydrogen (secondary N) is 1. The topological polar surface area (TPSA) is 95.3 Å². The van der Waals surface area contributed by atoms with E-state index in [1.807, 2.05) is 12.3 Å². The molecule has 4 rings (SSSR count). The second-order valence-corrected chi connectivity index (χ2v) is 6.18. The highest BCUT2D eigenvalue weighted by atomic mass is 32.1. The Bertz CT molecular complexity index is 841. The molecule has 8 heteroatoms. The molecule has 0 radical (unpaired) electrons. The molecule has 1 aliphatic rings. The van der Waals surface area contributed by atoms with Gasteiger partial charge in [-0.15, -0.1) is 0 Å². The first-order chi connectivity index (χ1) is 11.7. The summed E-state index contributed by atoms with van der Waals surface area (Å²) in [5, 5.41) is 18.3. The first-order valence-electron chi connectivity index (χ1n) is 7.72. The van der Waals surface area contributed by atoms with Crippen molar-refractivity contribution < 1.29 is 0 Å². The van der Waals surface area contributed by atoms with Crippen molar-refractivity contribution in [2.24, 2.45) is 0 Å². The Hall–Kier alpha value is -2.79. The van der Waals surface area contributed by atoms with Gasteiger partial charge >= 0.3 is 0 Å². The molecule has 24 heavy (non-hydrogen) atoms. The van der Waals surface area contributed by atoms with Crippen molar-refractivity contribution in [3.63, 3.8) is 0 Å². The van der Waals surface area contributed by atoms with Gasteiger partial charge in [-0.3, -0.25) is 0 Å². The van der Waals surface area contributed by atoms with Crippen molar-refractivity contribution in [2.75, 3.05) is 30.8 Å². The molecule has 3 aromatic heterocycles. The normalized spacial score (nSPS) is 13.4. The molecule has 1 fully saturated rings. The number of anilines is 2. The number of nitriles is 1. The number of fused-ring (bicyclic) bond motifs is 1. The molecule has 0 bridgehead atoms. The van der Waals surface area contributed by atoms with Crippen LogP contribution in [0.1, 0.15) is 12.8 Å². The van der Waals surface area contributed by atoms with E-state index in [1.165, 1.54) is 12.8 Å². The van der Waals surface area contributed by atoms with Crippen molar-refractivity contribution >= 4 is 28.6 Å². The van der Waals surface area contributed by atoms with E-state index in [-0.39, 0.29) is 0 Å². The third-order valence-electron chi connectivity index (χ3n) is 3.86. The van der Waals surface area contributed by atoms with Crippen LogP contribution in [0.25, 0.3) is 16.8 Å². The summed E-state index contributed by atoms with van der Waals surface area (Å²) in [5.74, 6) is 1.60. The summed E-state index contributed by atoms with van der Waals surface area (Å²) in [6, 6.07) is 4.00. The smallest absolute Gasteiger partial charge is 0.176 e. The molecule has 7 nitrogen and oxygen atoms in total. The first-order valence-corrected chi connectivity index (χ1v) is 8.66. The third kappa shape index (κ3) is 3.12. The highest BCUT2D eigenvalue weighted by Crippen LogP contribution is 2.29. The summed E-state index contributed by atoms with van der Waals surface area (Å²) in [6.07, 6.45) is 5.97. The van der Waals surface area contributed by atoms with Crippen LogP contribution in [0, 0.1) is 11.5 Å². The molecule has 0 atom stereocenters. The van der Waals surface area contributed by atoms with Crippen LogP contribution in [0.2, 0.25) is 0 Å². The van der Waals surface area contributed by atoms with Crippen LogP contribution < -0.4 is 16.0 Å². The lowest BCUT2D eigenvalue weighted by molar-refractivity contribution is 0.906. The summed E-state index contributed by atoms with van der Waals surface area (Å²) in [5.41, 5.74) is 9.16. The molecular formula is C16H19N7S. The maximum Gasteiger partial charge on any atom is 0.176 e. The molecule has 0 amide bonds. The van der Waals surface area contributed by atoms with E-state index in [4.69, 9.17) is 16.0 Å². The van der Waals surface area contributed by atoms with E-state index in [0.717, 1.165) is 35.7 Å². The number of thiophene rings is 1. The van der Waals surface area contributed by atoms with Gasteiger partial charge in [0.05, 0.1) is 6.20 Å². The predicted octanol–water partition coefficient (Wildman–Crippen LogP) is 2.33. The fraction of sp³-hybridized carbons (Fsp3) is 0.312. The minimum absolute atomic E-state index is 0.637. The Morgan fingerprint density at radius 2 is 2.12 bits per heavy atom. The molecule has 3 N–H and O–H groups in total. The number of hydrogen-bond donors (Lipinski definition) is 2. The maximum atomic E-state index is 7.51. The monoisotopic (exact) mass is 341 g/mol. The van der Waals surface area contributed by atoms with Crippen molar-refractivity contribution in [1.82, 2.24) is 19.9 Å². The number of nitrogens with two attached hydrogens (primary N) is 1. The van der Waals surface area contributed by atoms with Gasteiger partial charge in [-0.05, 0) is 35.2 Å². The number of rotatable bonds is 2. The fourth-order valence-corrected chi connectivity index (χ4v) is 3.36. The zero-order valence-corrected chi connectivity index (χ0v) is 14.3. The molecule has 3 aromatic rings. The lowest BCUT2D eigenvalue weighted by Crippen LogP contribution is -2.20. The Labute approximate surface area is 144 Å². The van der Waals surface area contributed by atoms with E-state index >= 15 is 0 Å². The number of nitrogen functional groups attached to an aromatic ring is 1. The second-order valence-electron chi connectivity index (χ2n) is 5.40. The van der Waals surface area contributed by atoms with Crippen LogP contribution in [-0.4, -0.2) is 34.7 Å². The van der Waals surface area contributed by atoms with Gasteiger partial charge in [0.2, 0.25) is 0 Å². The van der Waals surface area contributed by atoms with Crippen molar-refractivity contribution in [3.8, 4) is 17.3 Å². The van der Waals surface area contributed by atoms with Crippen LogP contribution in [-0.2, 0) is 0 Å². The summed E-state index contributed by atoms with van der Waals surface area (Å²) in [4.78, 5) is 7.08. The Kier molecular flexibility index (Phi) is 4.82. The Morgan fingerprint density at radius 1 is 1.38 bits per heavy atom. The van der Waals surface area contributed by atoms with Gasteiger partial charge in [-0.25, -0.2) is 4.98 Å². The number of aromatic nitrogens is 3. The maximum absolute atomic E-state index is 7.51. The predicted molar refractivity (Wildman–Crippen MR) is 96.8 cm³/mol. The molecule has 1 saturated heterocycles. The first kappa shape index (κ1) is 16.1. The van der Waals surface area contributed by atoms with Crippen molar-refractivity contribution in [3.05, 3.63) is 29.1 Å². The van der Waals surface area contributed by atoms with Crippen molar-refractivity contribution in [1.29, 1.82) is 5.26 Å². The highest BCUT2D eigenvalue weighted by Gasteiger charge is 2.17. The summed E-state index contributed by atoms with van der Waals surface area (Å²) < 4.78 is 1.71. The summed E-state index contributed by atoms with van der Waals surface area (Å²) in [6.45, 7) is 2.12. The molecule has 0 saturated carbocycles. The molecule has 0 aromatic carbocycles. The lowest BCUT2D eigenvalue weighted by atomic mass is 10.2. The number of nitrogens with zero attached hydrogens (tertiary/aromatic N) is 5. The Balaban J connectivity index is 0.000000383. The molecule has 0 aliphatic carbocycles. The summed E-state index contributed by atoms with van der Waals surface area (Å²) >= 11 is 1.67. The van der Waals surface area contributed by atoms with E-state index < -0.39 is 0 Å². The minimum atomic E-state index is 0.637. The lowest BCUT2D eigenvalue weighted by Gasteiger charge is -2.17. The summed E-state index contributed by atoms with van der Waals surface area (Å²) in [7, 11) is 1.57. The molecule has 0 spiro atoms. The standard InChI is InChI=1S/C14H15N5S.C2H4N2/c15-12-7-13(18-4-1-2-5-18)17-14-11(8-16-19(12)14)10-3-6-20-9-10;1-4-2-3/h3,6-9H,1-2,4-5,15H2;4H,1H3. The van der Waals surface area contributed by atoms with Gasteiger partial charge < -0.3 is 16.0 Å². The number of hydrogen-bond acceptors (Lipinski definition) is 7. The minimum Gasteiger partial charge on any atom is -0.383 e. The van der Waals surface area contributed by atoms with E-state index in [9.17, 15) is 0 Å². The van der Waals surface area contributed by atoms with E-state index in [1.54, 1.807) is 29.1 Å². The SMILES string of the molecule is CNC#N.Nc1cc(N2CCCC2)nc2c(-c3ccsc3)cnn12. The van der Waals surface area contributed by atoms with Gasteiger partial charge in [0.1, 0.15) is 11.6 Å². The zero-order chi connectivity index (χ0) is 16.9. The van der Waals surface area contributed by atoms with Gasteiger partial charge in [0, 0.05) is 31.8 Å².